The van der Waals surface area contributed by atoms with Crippen molar-refractivity contribution in [1.82, 2.24) is 5.32 Å². The number of aliphatic carboxylic acids is 1. The van der Waals surface area contributed by atoms with E-state index in [9.17, 15) is 4.79 Å². The van der Waals surface area contributed by atoms with Crippen molar-refractivity contribution in [3.8, 4) is 5.75 Å². The topological polar surface area (TPSA) is 58.6 Å². The van der Waals surface area contributed by atoms with E-state index in [4.69, 9.17) is 33.0 Å². The molecule has 0 aliphatic heterocycles. The lowest BCUT2D eigenvalue weighted by Crippen LogP contribution is -2.33. The molecule has 0 fully saturated rings. The van der Waals surface area contributed by atoms with E-state index in [0.29, 0.717) is 28.9 Å². The van der Waals surface area contributed by atoms with Gasteiger partial charge in [-0.2, -0.15) is 0 Å². The maximum atomic E-state index is 10.7. The minimum atomic E-state index is -0.905. The molecule has 4 nitrogen and oxygen atoms in total. The number of carbonyl (C=O) groups is 1. The predicted octanol–water partition coefficient (Wildman–Crippen LogP) is 2.95. The van der Waals surface area contributed by atoms with Crippen molar-refractivity contribution in [2.75, 3.05) is 6.61 Å². The zero-order valence-electron chi connectivity index (χ0n) is 10.2. The molecule has 100 valence electrons. The summed E-state index contributed by atoms with van der Waals surface area (Å²) in [5, 5.41) is 12.4. The zero-order chi connectivity index (χ0) is 13.7. The molecule has 0 aliphatic carbocycles. The van der Waals surface area contributed by atoms with Crippen molar-refractivity contribution < 1.29 is 14.6 Å². The summed E-state index contributed by atoms with van der Waals surface area (Å²) < 4.78 is 5.31. The first-order valence-electron chi connectivity index (χ1n) is 5.52. The van der Waals surface area contributed by atoms with Crippen LogP contribution in [0.1, 0.15) is 19.4 Å². The summed E-state index contributed by atoms with van der Waals surface area (Å²) in [6, 6.07) is 2.79. The van der Waals surface area contributed by atoms with Gasteiger partial charge < -0.3 is 15.2 Å². The van der Waals surface area contributed by atoms with E-state index in [1.807, 2.05) is 6.92 Å². The Kier molecular flexibility index (Phi) is 5.72. The van der Waals surface area contributed by atoms with Crippen molar-refractivity contribution in [3.05, 3.63) is 27.7 Å². The van der Waals surface area contributed by atoms with Gasteiger partial charge in [0.2, 0.25) is 0 Å². The Balaban J connectivity index is 2.77. The van der Waals surface area contributed by atoms with E-state index >= 15 is 0 Å². The molecule has 0 bridgehead atoms. The van der Waals surface area contributed by atoms with Crippen LogP contribution < -0.4 is 10.1 Å². The molecule has 0 heterocycles. The van der Waals surface area contributed by atoms with Gasteiger partial charge in [0.25, 0.3) is 0 Å². The molecule has 0 saturated heterocycles. The highest BCUT2D eigenvalue weighted by Crippen LogP contribution is 2.34. The molecule has 0 spiro atoms. The molecule has 6 heteroatoms. The molecule has 1 atom stereocenters. The number of rotatable bonds is 6. The molecule has 1 aromatic carbocycles. The van der Waals surface area contributed by atoms with Crippen LogP contribution in [0, 0.1) is 0 Å². The second-order valence-corrected chi connectivity index (χ2v) is 4.58. The molecular formula is C12H15Cl2NO3. The van der Waals surface area contributed by atoms with Crippen molar-refractivity contribution in [2.24, 2.45) is 0 Å². The number of carboxylic acid groups (broad SMARTS) is 1. The summed E-state index contributed by atoms with van der Waals surface area (Å²) in [6.45, 7) is 4.27. The maximum absolute atomic E-state index is 10.7. The minimum Gasteiger partial charge on any atom is -0.491 e. The van der Waals surface area contributed by atoms with Crippen LogP contribution >= 0.6 is 23.2 Å². The van der Waals surface area contributed by atoms with E-state index < -0.39 is 12.0 Å². The first-order valence-corrected chi connectivity index (χ1v) is 6.28. The van der Waals surface area contributed by atoms with Crippen molar-refractivity contribution in [3.63, 3.8) is 0 Å². The van der Waals surface area contributed by atoms with E-state index in [1.165, 1.54) is 0 Å². The Morgan fingerprint density at radius 2 is 2.00 bits per heavy atom. The molecule has 0 radical (unpaired) electrons. The second-order valence-electron chi connectivity index (χ2n) is 3.76. The lowest BCUT2D eigenvalue weighted by molar-refractivity contribution is -0.139. The Morgan fingerprint density at radius 1 is 1.44 bits per heavy atom. The fourth-order valence-electron chi connectivity index (χ4n) is 1.35. The standard InChI is InChI=1S/C12H15Cl2NO3/c1-3-18-11-9(13)4-8(5-10(11)14)6-15-7(2)12(16)17/h4-5,7,15H,3,6H2,1-2H3,(H,16,17). The average molecular weight is 292 g/mol. The van der Waals surface area contributed by atoms with Gasteiger partial charge in [-0.3, -0.25) is 4.79 Å². The fraction of sp³-hybridized carbons (Fsp3) is 0.417. The number of benzene rings is 1. The molecule has 0 aliphatic rings. The summed E-state index contributed by atoms with van der Waals surface area (Å²) in [7, 11) is 0. The number of carboxylic acids is 1. The van der Waals surface area contributed by atoms with Crippen LogP contribution in [0.3, 0.4) is 0 Å². The van der Waals surface area contributed by atoms with Crippen LogP contribution in [-0.4, -0.2) is 23.7 Å². The van der Waals surface area contributed by atoms with Gasteiger partial charge in [-0.15, -0.1) is 0 Å². The van der Waals surface area contributed by atoms with Crippen molar-refractivity contribution in [2.45, 2.75) is 26.4 Å². The highest BCUT2D eigenvalue weighted by molar-refractivity contribution is 6.37. The van der Waals surface area contributed by atoms with Crippen LogP contribution in [0.25, 0.3) is 0 Å². The van der Waals surface area contributed by atoms with Gasteiger partial charge in [0.15, 0.2) is 5.75 Å². The fourth-order valence-corrected chi connectivity index (χ4v) is 2.00. The smallest absolute Gasteiger partial charge is 0.320 e. The van der Waals surface area contributed by atoms with Gasteiger partial charge in [-0.1, -0.05) is 23.2 Å². The van der Waals surface area contributed by atoms with Gasteiger partial charge >= 0.3 is 5.97 Å². The van der Waals surface area contributed by atoms with Crippen LogP contribution in [0.4, 0.5) is 0 Å². The minimum absolute atomic E-state index is 0.374. The maximum Gasteiger partial charge on any atom is 0.320 e. The normalized spacial score (nSPS) is 12.2. The van der Waals surface area contributed by atoms with Gasteiger partial charge in [-0.25, -0.2) is 0 Å². The van der Waals surface area contributed by atoms with Crippen LogP contribution in [0.15, 0.2) is 12.1 Å². The highest BCUT2D eigenvalue weighted by Gasteiger charge is 2.12. The van der Waals surface area contributed by atoms with Crippen molar-refractivity contribution >= 4 is 29.2 Å². The molecule has 1 aromatic rings. The number of ether oxygens (including phenoxy) is 1. The lowest BCUT2D eigenvalue weighted by atomic mass is 10.2. The largest absolute Gasteiger partial charge is 0.491 e. The first kappa shape index (κ1) is 15.1. The third-order valence-corrected chi connectivity index (χ3v) is 2.89. The third-order valence-electron chi connectivity index (χ3n) is 2.33. The molecule has 0 amide bonds. The molecular weight excluding hydrogens is 277 g/mol. The Morgan fingerprint density at radius 3 is 2.44 bits per heavy atom. The SMILES string of the molecule is CCOc1c(Cl)cc(CNC(C)C(=O)O)cc1Cl. The number of nitrogens with one attached hydrogen (secondary N) is 1. The average Bonchev–Trinajstić information content (AvgIpc) is 2.30. The summed E-state index contributed by atoms with van der Waals surface area (Å²) >= 11 is 12.1. The molecule has 1 unspecified atom stereocenters. The second kappa shape index (κ2) is 6.83. The predicted molar refractivity (Wildman–Crippen MR) is 71.6 cm³/mol. The monoisotopic (exact) mass is 291 g/mol. The molecule has 18 heavy (non-hydrogen) atoms. The van der Waals surface area contributed by atoms with Crippen LogP contribution in [0.2, 0.25) is 10.0 Å². The highest BCUT2D eigenvalue weighted by atomic mass is 35.5. The Hall–Kier alpha value is -0.970. The molecule has 0 aromatic heterocycles. The van der Waals surface area contributed by atoms with E-state index in [2.05, 4.69) is 5.32 Å². The number of hydrogen-bond acceptors (Lipinski definition) is 3. The molecule has 0 saturated carbocycles. The lowest BCUT2D eigenvalue weighted by Gasteiger charge is -2.12. The van der Waals surface area contributed by atoms with Crippen LogP contribution in [-0.2, 0) is 11.3 Å². The van der Waals surface area contributed by atoms with Gasteiger partial charge in [-0.05, 0) is 31.5 Å². The molecule has 2 N–H and O–H groups in total. The molecule has 1 rings (SSSR count). The summed E-state index contributed by atoms with van der Waals surface area (Å²) in [6.07, 6.45) is 0. The van der Waals surface area contributed by atoms with Gasteiger partial charge in [0.1, 0.15) is 6.04 Å². The summed E-state index contributed by atoms with van der Waals surface area (Å²) in [5.41, 5.74) is 0.807. The number of hydrogen-bond donors (Lipinski definition) is 2. The Bertz CT molecular complexity index is 414. The van der Waals surface area contributed by atoms with E-state index in [0.717, 1.165) is 5.56 Å². The van der Waals surface area contributed by atoms with E-state index in [1.54, 1.807) is 19.1 Å². The van der Waals surface area contributed by atoms with Crippen molar-refractivity contribution in [1.29, 1.82) is 0 Å². The first-order chi connectivity index (χ1) is 8.45. The Labute approximate surface area is 116 Å². The zero-order valence-corrected chi connectivity index (χ0v) is 11.7. The van der Waals surface area contributed by atoms with E-state index in [-0.39, 0.29) is 0 Å². The third kappa shape index (κ3) is 4.05. The summed E-state index contributed by atoms with van der Waals surface area (Å²) in [5.74, 6) is -0.450. The quantitative estimate of drug-likeness (QED) is 0.846. The number of halogens is 2. The summed E-state index contributed by atoms with van der Waals surface area (Å²) in [4.78, 5) is 10.7. The van der Waals surface area contributed by atoms with Gasteiger partial charge in [0.05, 0.1) is 16.7 Å². The van der Waals surface area contributed by atoms with Gasteiger partial charge in [0, 0.05) is 6.54 Å². The van der Waals surface area contributed by atoms with Crippen LogP contribution in [0.5, 0.6) is 5.75 Å².